The number of thiophene rings is 1. The maximum Gasteiger partial charge on any atom is 0.303 e. The van der Waals surface area contributed by atoms with E-state index < -0.39 is 5.97 Å². The summed E-state index contributed by atoms with van der Waals surface area (Å²) in [4.78, 5) is 16.9. The summed E-state index contributed by atoms with van der Waals surface area (Å²) in [6.07, 6.45) is 1.45. The SMILES string of the molecule is Cc1nnc2n1-c1sc(CCCC(=O)O)cc1C(c1ccccc1Cl)=NC2C. The number of nitrogens with zero attached hydrogens (tertiary/aromatic N) is 4. The number of hydrogen-bond acceptors (Lipinski definition) is 5. The first-order valence-electron chi connectivity index (χ1n) is 9.05. The van der Waals surface area contributed by atoms with Gasteiger partial charge in [-0.3, -0.25) is 14.4 Å². The molecule has 0 radical (unpaired) electrons. The van der Waals surface area contributed by atoms with Crippen molar-refractivity contribution >= 4 is 34.6 Å². The number of carbonyl (C=O) groups is 1. The third-order valence-electron chi connectivity index (χ3n) is 4.71. The molecule has 0 saturated carbocycles. The fourth-order valence-electron chi connectivity index (χ4n) is 3.39. The van der Waals surface area contributed by atoms with Crippen LogP contribution in [0.5, 0.6) is 0 Å². The van der Waals surface area contributed by atoms with Crippen LogP contribution in [0.4, 0.5) is 0 Å². The van der Waals surface area contributed by atoms with Crippen molar-refractivity contribution in [2.24, 2.45) is 4.99 Å². The molecule has 1 aromatic carbocycles. The lowest BCUT2D eigenvalue weighted by Crippen LogP contribution is -2.05. The van der Waals surface area contributed by atoms with Gasteiger partial charge in [-0.05, 0) is 38.8 Å². The Morgan fingerprint density at radius 2 is 2.07 bits per heavy atom. The number of hydrogen-bond donors (Lipinski definition) is 1. The van der Waals surface area contributed by atoms with Gasteiger partial charge in [0.1, 0.15) is 16.9 Å². The summed E-state index contributed by atoms with van der Waals surface area (Å²) >= 11 is 8.12. The van der Waals surface area contributed by atoms with Crippen molar-refractivity contribution < 1.29 is 9.90 Å². The van der Waals surface area contributed by atoms with E-state index >= 15 is 0 Å². The maximum absolute atomic E-state index is 10.9. The van der Waals surface area contributed by atoms with Crippen molar-refractivity contribution in [3.63, 3.8) is 0 Å². The highest BCUT2D eigenvalue weighted by molar-refractivity contribution is 7.15. The van der Waals surface area contributed by atoms with Crippen LogP contribution in [0.3, 0.4) is 0 Å². The number of aryl methyl sites for hydroxylation is 2. The Kier molecular flexibility index (Phi) is 5.03. The fraction of sp³-hybridized carbons (Fsp3) is 0.300. The predicted molar refractivity (Wildman–Crippen MR) is 110 cm³/mol. The molecule has 0 amide bonds. The Labute approximate surface area is 171 Å². The summed E-state index contributed by atoms with van der Waals surface area (Å²) in [7, 11) is 0. The van der Waals surface area contributed by atoms with Crippen molar-refractivity contribution in [1.29, 1.82) is 0 Å². The van der Waals surface area contributed by atoms with E-state index in [9.17, 15) is 4.79 Å². The van der Waals surface area contributed by atoms with Crippen LogP contribution >= 0.6 is 22.9 Å². The van der Waals surface area contributed by atoms with Gasteiger partial charge in [0.25, 0.3) is 0 Å². The minimum absolute atomic E-state index is 0.155. The van der Waals surface area contributed by atoms with Crippen molar-refractivity contribution in [3.05, 3.63) is 63.0 Å². The summed E-state index contributed by atoms with van der Waals surface area (Å²) in [5.41, 5.74) is 2.69. The Bertz CT molecular complexity index is 1090. The molecule has 1 aliphatic rings. The van der Waals surface area contributed by atoms with E-state index in [1.165, 1.54) is 0 Å². The van der Waals surface area contributed by atoms with Gasteiger partial charge in [-0.15, -0.1) is 21.5 Å². The van der Waals surface area contributed by atoms with Crippen molar-refractivity contribution in [3.8, 4) is 5.00 Å². The first kappa shape index (κ1) is 18.8. The van der Waals surface area contributed by atoms with E-state index in [-0.39, 0.29) is 12.5 Å². The molecule has 6 nitrogen and oxygen atoms in total. The smallest absolute Gasteiger partial charge is 0.303 e. The van der Waals surface area contributed by atoms with Crippen molar-refractivity contribution in [2.45, 2.75) is 39.2 Å². The number of carboxylic acids is 1. The molecule has 1 atom stereocenters. The van der Waals surface area contributed by atoms with Crippen molar-refractivity contribution in [1.82, 2.24) is 14.8 Å². The second-order valence-electron chi connectivity index (χ2n) is 6.75. The van der Waals surface area contributed by atoms with Crippen LogP contribution < -0.4 is 0 Å². The van der Waals surface area contributed by atoms with Gasteiger partial charge in [-0.1, -0.05) is 29.8 Å². The van der Waals surface area contributed by atoms with Gasteiger partial charge in [0.2, 0.25) is 0 Å². The van der Waals surface area contributed by atoms with Crippen LogP contribution in [0.25, 0.3) is 5.00 Å². The number of benzene rings is 1. The van der Waals surface area contributed by atoms with Crippen LogP contribution in [0.15, 0.2) is 35.3 Å². The molecule has 2 aromatic heterocycles. The number of rotatable bonds is 5. The molecule has 3 aromatic rings. The summed E-state index contributed by atoms with van der Waals surface area (Å²) in [6, 6.07) is 9.62. The van der Waals surface area contributed by atoms with Gasteiger partial charge < -0.3 is 5.11 Å². The molecule has 3 heterocycles. The summed E-state index contributed by atoms with van der Waals surface area (Å²) in [5.74, 6) is 0.819. The van der Waals surface area contributed by atoms with Crippen molar-refractivity contribution in [2.75, 3.05) is 0 Å². The van der Waals surface area contributed by atoms with Crippen LogP contribution in [-0.2, 0) is 11.2 Å². The molecule has 1 unspecified atom stereocenters. The minimum Gasteiger partial charge on any atom is -0.481 e. The summed E-state index contributed by atoms with van der Waals surface area (Å²) in [5, 5.41) is 19.2. The number of aromatic nitrogens is 3. The van der Waals surface area contributed by atoms with E-state index in [0.717, 1.165) is 38.4 Å². The number of aliphatic carboxylic acids is 1. The highest BCUT2D eigenvalue weighted by atomic mass is 35.5. The van der Waals surface area contributed by atoms with Gasteiger partial charge in [-0.25, -0.2) is 0 Å². The second kappa shape index (κ2) is 7.48. The molecular formula is C20H19ClN4O2S. The number of carboxylic acid groups (broad SMARTS) is 1. The highest BCUT2D eigenvalue weighted by Crippen LogP contribution is 2.37. The molecule has 1 aliphatic heterocycles. The van der Waals surface area contributed by atoms with E-state index in [1.807, 2.05) is 38.1 Å². The predicted octanol–water partition coefficient (Wildman–Crippen LogP) is 4.61. The molecule has 144 valence electrons. The zero-order chi connectivity index (χ0) is 19.8. The Hall–Kier alpha value is -2.51. The molecule has 0 bridgehead atoms. The first-order valence-corrected chi connectivity index (χ1v) is 10.2. The second-order valence-corrected chi connectivity index (χ2v) is 8.28. The molecule has 1 N–H and O–H groups in total. The van der Waals surface area contributed by atoms with Crippen LogP contribution in [0.1, 0.15) is 53.5 Å². The van der Waals surface area contributed by atoms with E-state index in [2.05, 4.69) is 20.8 Å². The zero-order valence-electron chi connectivity index (χ0n) is 15.5. The lowest BCUT2D eigenvalue weighted by atomic mass is 10.0. The third-order valence-corrected chi connectivity index (χ3v) is 6.22. The number of aliphatic imine (C=N–C) groups is 1. The molecule has 0 saturated heterocycles. The highest BCUT2D eigenvalue weighted by Gasteiger charge is 2.28. The summed E-state index contributed by atoms with van der Waals surface area (Å²) < 4.78 is 2.05. The van der Waals surface area contributed by atoms with Crippen LogP contribution in [0.2, 0.25) is 5.02 Å². The average Bonchev–Trinajstić information content (AvgIpc) is 3.20. The van der Waals surface area contributed by atoms with E-state index in [1.54, 1.807) is 11.3 Å². The standard InChI is InChI=1S/C20H19ClN4O2S/c1-11-19-24-23-12(2)25(19)20-15(10-13(28-20)6-5-9-17(26)27)18(22-11)14-7-3-4-8-16(14)21/h3-4,7-8,10-11H,5-6,9H2,1-2H3,(H,26,27). The largest absolute Gasteiger partial charge is 0.481 e. The van der Waals surface area contributed by atoms with Gasteiger partial charge in [0.15, 0.2) is 5.82 Å². The molecule has 0 spiro atoms. The topological polar surface area (TPSA) is 80.4 Å². The Morgan fingerprint density at radius 3 is 2.82 bits per heavy atom. The molecule has 0 fully saturated rings. The lowest BCUT2D eigenvalue weighted by molar-refractivity contribution is -0.137. The fourth-order valence-corrected chi connectivity index (χ4v) is 4.87. The van der Waals surface area contributed by atoms with Crippen LogP contribution in [0, 0.1) is 6.92 Å². The van der Waals surface area contributed by atoms with Gasteiger partial charge >= 0.3 is 5.97 Å². The quantitative estimate of drug-likeness (QED) is 0.661. The molecule has 0 aliphatic carbocycles. The summed E-state index contributed by atoms with van der Waals surface area (Å²) in [6.45, 7) is 3.93. The third kappa shape index (κ3) is 3.36. The molecule has 4 rings (SSSR count). The first-order chi connectivity index (χ1) is 13.5. The molecule has 8 heteroatoms. The molecular weight excluding hydrogens is 396 g/mol. The lowest BCUT2D eigenvalue weighted by Gasteiger charge is -2.09. The zero-order valence-corrected chi connectivity index (χ0v) is 17.1. The van der Waals surface area contributed by atoms with E-state index in [0.29, 0.717) is 17.9 Å². The minimum atomic E-state index is -0.776. The molecule has 28 heavy (non-hydrogen) atoms. The van der Waals surface area contributed by atoms with Gasteiger partial charge in [-0.2, -0.15) is 0 Å². The monoisotopic (exact) mass is 414 g/mol. The Balaban J connectivity index is 1.86. The van der Waals surface area contributed by atoms with Crippen LogP contribution in [-0.4, -0.2) is 31.6 Å². The van der Waals surface area contributed by atoms with E-state index in [4.69, 9.17) is 21.7 Å². The van der Waals surface area contributed by atoms with Gasteiger partial charge in [0.05, 0.1) is 5.71 Å². The Morgan fingerprint density at radius 1 is 1.29 bits per heavy atom. The average molecular weight is 415 g/mol. The number of halogens is 1. The normalized spacial score (nSPS) is 15.5. The van der Waals surface area contributed by atoms with Gasteiger partial charge in [0, 0.05) is 27.4 Å². The maximum atomic E-state index is 10.9. The number of fused-ring (bicyclic) bond motifs is 3.